The second-order valence-electron chi connectivity index (χ2n) is 7.13. The molecule has 0 heterocycles. The van der Waals surface area contributed by atoms with Crippen molar-refractivity contribution in [2.45, 2.75) is 6.17 Å². The molecule has 4 heteroatoms. The van der Waals surface area contributed by atoms with Crippen LogP contribution in [0, 0.1) is 0 Å². The van der Waals surface area contributed by atoms with Crippen molar-refractivity contribution in [3.05, 3.63) is 136 Å². The van der Waals surface area contributed by atoms with Crippen LogP contribution in [0.5, 0.6) is 0 Å². The summed E-state index contributed by atoms with van der Waals surface area (Å²) in [7, 11) is 0. The minimum atomic E-state index is -0.433. The van der Waals surface area contributed by atoms with Crippen molar-refractivity contribution in [3.8, 4) is 0 Å². The van der Waals surface area contributed by atoms with Crippen LogP contribution < -0.4 is 10.6 Å². The van der Waals surface area contributed by atoms with Gasteiger partial charge in [0.25, 0.3) is 0 Å². The molecule has 0 saturated heterocycles. The highest BCUT2D eigenvalue weighted by Crippen LogP contribution is 2.31. The number of nitrogens with two attached hydrogens (primary N) is 1. The van der Waals surface area contributed by atoms with E-state index in [9.17, 15) is 0 Å². The van der Waals surface area contributed by atoms with E-state index in [1.54, 1.807) is 0 Å². The fraction of sp³-hybridized carbons (Fsp3) is 0.0370. The first-order chi connectivity index (χ1) is 15.1. The van der Waals surface area contributed by atoms with Gasteiger partial charge in [0.1, 0.15) is 6.17 Å². The smallest absolute Gasteiger partial charge is 0.102 e. The zero-order valence-corrected chi connectivity index (χ0v) is 18.3. The van der Waals surface area contributed by atoms with Crippen LogP contribution >= 0.6 is 23.2 Å². The largest absolute Gasteiger partial charge is 0.322 e. The quantitative estimate of drug-likeness (QED) is 0.311. The molecule has 0 aliphatic carbocycles. The zero-order chi connectivity index (χ0) is 21.6. The van der Waals surface area contributed by atoms with Crippen LogP contribution in [0.4, 0.5) is 11.4 Å². The Balaban J connectivity index is 1.85. The van der Waals surface area contributed by atoms with Crippen LogP contribution in [-0.4, -0.2) is 6.17 Å². The molecular formula is C27H22Cl2N2. The second-order valence-corrected chi connectivity index (χ2v) is 8.01. The van der Waals surface area contributed by atoms with Crippen LogP contribution in [-0.2, 0) is 0 Å². The highest BCUT2D eigenvalue weighted by Gasteiger charge is 2.17. The van der Waals surface area contributed by atoms with Crippen molar-refractivity contribution >= 4 is 40.1 Å². The molecule has 1 atom stereocenters. The van der Waals surface area contributed by atoms with E-state index in [2.05, 4.69) is 35.2 Å². The van der Waals surface area contributed by atoms with E-state index in [0.717, 1.165) is 28.1 Å². The highest BCUT2D eigenvalue weighted by atomic mass is 35.5. The van der Waals surface area contributed by atoms with E-state index in [-0.39, 0.29) is 0 Å². The van der Waals surface area contributed by atoms with Gasteiger partial charge in [-0.05, 0) is 71.3 Å². The van der Waals surface area contributed by atoms with Crippen LogP contribution in [0.1, 0.15) is 11.1 Å². The highest BCUT2D eigenvalue weighted by molar-refractivity contribution is 6.31. The number of rotatable bonds is 6. The number of benzene rings is 4. The molecule has 0 amide bonds. The molecule has 4 rings (SSSR count). The molecule has 0 aliphatic rings. The van der Waals surface area contributed by atoms with Gasteiger partial charge in [-0.2, -0.15) is 0 Å². The Bertz CT molecular complexity index is 1090. The Morgan fingerprint density at radius 2 is 1.10 bits per heavy atom. The number of halogens is 2. The summed E-state index contributed by atoms with van der Waals surface area (Å²) in [5.41, 5.74) is 11.8. The van der Waals surface area contributed by atoms with Crippen molar-refractivity contribution in [1.82, 2.24) is 0 Å². The van der Waals surface area contributed by atoms with E-state index >= 15 is 0 Å². The fourth-order valence-electron chi connectivity index (χ4n) is 3.59. The summed E-state index contributed by atoms with van der Waals surface area (Å²) in [5, 5.41) is 1.34. The molecule has 4 aromatic carbocycles. The third kappa shape index (κ3) is 5.18. The van der Waals surface area contributed by atoms with Gasteiger partial charge in [-0.15, -0.1) is 0 Å². The van der Waals surface area contributed by atoms with Gasteiger partial charge >= 0.3 is 0 Å². The fourth-order valence-corrected chi connectivity index (χ4v) is 3.97. The van der Waals surface area contributed by atoms with E-state index in [1.807, 2.05) is 84.9 Å². The van der Waals surface area contributed by atoms with Gasteiger partial charge < -0.3 is 10.6 Å². The molecule has 0 aromatic heterocycles. The molecule has 0 saturated carbocycles. The molecule has 1 unspecified atom stereocenters. The van der Waals surface area contributed by atoms with E-state index in [4.69, 9.17) is 28.9 Å². The minimum absolute atomic E-state index is 0.433. The van der Waals surface area contributed by atoms with E-state index in [0.29, 0.717) is 10.0 Å². The Hall–Kier alpha value is -3.04. The van der Waals surface area contributed by atoms with Crippen LogP contribution in [0.25, 0.3) is 5.57 Å². The maximum absolute atomic E-state index is 6.82. The third-order valence-corrected chi connectivity index (χ3v) is 5.45. The molecule has 0 fully saturated rings. The van der Waals surface area contributed by atoms with E-state index in [1.165, 1.54) is 0 Å². The van der Waals surface area contributed by atoms with Crippen molar-refractivity contribution < 1.29 is 0 Å². The first kappa shape index (κ1) is 21.2. The topological polar surface area (TPSA) is 29.3 Å². The Kier molecular flexibility index (Phi) is 6.73. The van der Waals surface area contributed by atoms with Gasteiger partial charge in [0.2, 0.25) is 0 Å². The molecule has 4 aromatic rings. The first-order valence-corrected chi connectivity index (χ1v) is 10.8. The number of para-hydroxylation sites is 2. The van der Waals surface area contributed by atoms with Crippen molar-refractivity contribution in [2.75, 3.05) is 4.90 Å². The number of nitrogens with zero attached hydrogens (tertiary/aromatic N) is 1. The third-order valence-electron chi connectivity index (χ3n) is 4.98. The van der Waals surface area contributed by atoms with E-state index < -0.39 is 6.17 Å². The standard InChI is InChI=1S/C27H22Cl2N2/c28-22-11-7-9-20(17-22)26(21-10-8-12-23(29)18-21)19-27(30)31(24-13-3-1-4-14-24)25-15-5-2-6-16-25/h1-19,27H,30H2. The Morgan fingerprint density at radius 3 is 1.52 bits per heavy atom. The molecule has 2 nitrogen and oxygen atoms in total. The Morgan fingerprint density at radius 1 is 0.645 bits per heavy atom. The van der Waals surface area contributed by atoms with Crippen molar-refractivity contribution in [1.29, 1.82) is 0 Å². The van der Waals surface area contributed by atoms with Crippen molar-refractivity contribution in [2.24, 2.45) is 5.73 Å². The average Bonchev–Trinajstić information content (AvgIpc) is 2.79. The maximum Gasteiger partial charge on any atom is 0.102 e. The summed E-state index contributed by atoms with van der Waals surface area (Å²) in [5.74, 6) is 0. The summed E-state index contributed by atoms with van der Waals surface area (Å²) in [6.07, 6.45) is 1.62. The SMILES string of the molecule is NC(C=C(c1cccc(Cl)c1)c1cccc(Cl)c1)N(c1ccccc1)c1ccccc1. The molecule has 154 valence electrons. The normalized spacial score (nSPS) is 11.6. The molecule has 0 aliphatic heterocycles. The summed E-state index contributed by atoms with van der Waals surface area (Å²) >= 11 is 12.6. The van der Waals surface area contributed by atoms with Gasteiger partial charge in [-0.1, -0.05) is 83.9 Å². The van der Waals surface area contributed by atoms with Crippen LogP contribution in [0.2, 0.25) is 10.0 Å². The Labute approximate surface area is 193 Å². The lowest BCUT2D eigenvalue weighted by molar-refractivity contribution is 0.826. The predicted octanol–water partition coefficient (Wildman–Crippen LogP) is 7.55. The molecule has 0 radical (unpaired) electrons. The van der Waals surface area contributed by atoms with Gasteiger partial charge in [-0.25, -0.2) is 0 Å². The number of hydrogen-bond donors (Lipinski definition) is 1. The summed E-state index contributed by atoms with van der Waals surface area (Å²) in [6.45, 7) is 0. The monoisotopic (exact) mass is 444 g/mol. The second kappa shape index (κ2) is 9.84. The minimum Gasteiger partial charge on any atom is -0.322 e. The van der Waals surface area contributed by atoms with Gasteiger partial charge in [-0.3, -0.25) is 0 Å². The zero-order valence-electron chi connectivity index (χ0n) is 16.8. The maximum atomic E-state index is 6.82. The van der Waals surface area contributed by atoms with Gasteiger partial charge in [0.05, 0.1) is 0 Å². The van der Waals surface area contributed by atoms with Gasteiger partial charge in [0, 0.05) is 21.4 Å². The lowest BCUT2D eigenvalue weighted by Crippen LogP contribution is -2.37. The molecule has 2 N–H and O–H groups in total. The number of hydrogen-bond acceptors (Lipinski definition) is 2. The lowest BCUT2D eigenvalue weighted by Gasteiger charge is -2.30. The van der Waals surface area contributed by atoms with Crippen LogP contribution in [0.15, 0.2) is 115 Å². The summed E-state index contributed by atoms with van der Waals surface area (Å²) < 4.78 is 0. The summed E-state index contributed by atoms with van der Waals surface area (Å²) in [6, 6.07) is 35.8. The van der Waals surface area contributed by atoms with Crippen LogP contribution in [0.3, 0.4) is 0 Å². The molecule has 0 bridgehead atoms. The number of anilines is 2. The average molecular weight is 445 g/mol. The first-order valence-electron chi connectivity index (χ1n) is 10.0. The predicted molar refractivity (Wildman–Crippen MR) is 133 cm³/mol. The summed E-state index contributed by atoms with van der Waals surface area (Å²) in [4.78, 5) is 2.11. The molecule has 31 heavy (non-hydrogen) atoms. The van der Waals surface area contributed by atoms with Gasteiger partial charge in [0.15, 0.2) is 0 Å². The molecule has 0 spiro atoms. The van der Waals surface area contributed by atoms with Crippen molar-refractivity contribution in [3.63, 3.8) is 0 Å². The lowest BCUT2D eigenvalue weighted by atomic mass is 9.96. The molecular weight excluding hydrogens is 423 g/mol.